The second-order valence-corrected chi connectivity index (χ2v) is 14.5. The normalized spacial score (nSPS) is 14.4. The standard InChI is InChI=1S/C51H36/c1-4-38(36-24-25-44-43-16-9-10-19-48(43)51(2,3)49(44)31-36)39-13-6-5-12-34(39)28-32-20-21-33-22-23-35(30-37(33)29-32)40-26-27-47-42-15-8-7-14-41(42)46-18-11-17-45(40)50(46)47/h4-31H,1H2,2-3H3. The van der Waals surface area contributed by atoms with Gasteiger partial charge in [0, 0.05) is 5.41 Å². The quantitative estimate of drug-likeness (QED) is 0.178. The van der Waals surface area contributed by atoms with E-state index in [4.69, 9.17) is 0 Å². The molecule has 10 rings (SSSR count). The smallest absolute Gasteiger partial charge is 0.0159 e. The highest BCUT2D eigenvalue weighted by Gasteiger charge is 2.35. The molecule has 0 heterocycles. The summed E-state index contributed by atoms with van der Waals surface area (Å²) in [6.45, 7) is 8.99. The van der Waals surface area contributed by atoms with Crippen LogP contribution in [0.5, 0.6) is 0 Å². The van der Waals surface area contributed by atoms with Crippen LogP contribution in [0.4, 0.5) is 0 Å². The van der Waals surface area contributed by atoms with Crippen molar-refractivity contribution in [3.63, 3.8) is 0 Å². The Labute approximate surface area is 299 Å². The van der Waals surface area contributed by atoms with Crippen LogP contribution in [0, 0.1) is 0 Å². The summed E-state index contributed by atoms with van der Waals surface area (Å²) in [7, 11) is 0. The maximum absolute atomic E-state index is 4.31. The summed E-state index contributed by atoms with van der Waals surface area (Å²) in [5, 5.41) is 7.51. The average Bonchev–Trinajstić information content (AvgIpc) is 3.62. The Bertz CT molecular complexity index is 2870. The largest absolute Gasteiger partial charge is 0.0984 e. The molecule has 0 nitrogen and oxygen atoms in total. The first-order chi connectivity index (χ1) is 25.0. The first kappa shape index (κ1) is 29.7. The van der Waals surface area contributed by atoms with Crippen molar-refractivity contribution in [1.29, 1.82) is 0 Å². The lowest BCUT2D eigenvalue weighted by Gasteiger charge is -2.22. The summed E-state index contributed by atoms with van der Waals surface area (Å²) in [6, 6.07) is 58.3. The highest BCUT2D eigenvalue weighted by molar-refractivity contribution is 6.18. The van der Waals surface area contributed by atoms with Crippen LogP contribution >= 0.6 is 0 Å². The Kier molecular flexibility index (Phi) is 6.48. The Morgan fingerprint density at radius 1 is 0.510 bits per heavy atom. The van der Waals surface area contributed by atoms with Crippen LogP contribution in [0.25, 0.3) is 77.7 Å². The maximum atomic E-state index is 4.31. The van der Waals surface area contributed by atoms with Gasteiger partial charge in [0.25, 0.3) is 0 Å². The molecule has 8 aromatic rings. The first-order valence-electron chi connectivity index (χ1n) is 17.9. The molecule has 240 valence electrons. The second-order valence-electron chi connectivity index (χ2n) is 14.5. The number of allylic oxidation sites excluding steroid dienone is 1. The van der Waals surface area contributed by atoms with Crippen LogP contribution in [0.3, 0.4) is 0 Å². The van der Waals surface area contributed by atoms with Gasteiger partial charge in [-0.05, 0) is 129 Å². The predicted molar refractivity (Wildman–Crippen MR) is 217 cm³/mol. The summed E-state index contributed by atoms with van der Waals surface area (Å²) in [5.74, 6) is 0. The lowest BCUT2D eigenvalue weighted by molar-refractivity contribution is 0.660. The van der Waals surface area contributed by atoms with Crippen molar-refractivity contribution in [2.45, 2.75) is 19.3 Å². The Hall–Kier alpha value is -6.24. The van der Waals surface area contributed by atoms with Crippen LogP contribution in [0.2, 0.25) is 0 Å². The van der Waals surface area contributed by atoms with Crippen LogP contribution in [-0.2, 0) is 5.41 Å². The third-order valence-electron chi connectivity index (χ3n) is 11.4. The molecule has 0 radical (unpaired) electrons. The number of benzene rings is 8. The van der Waals surface area contributed by atoms with Crippen molar-refractivity contribution in [3.8, 4) is 44.5 Å². The third-order valence-corrected chi connectivity index (χ3v) is 11.4. The minimum atomic E-state index is -0.0540. The topological polar surface area (TPSA) is 0 Å². The first-order valence-corrected chi connectivity index (χ1v) is 17.9. The molecule has 2 aliphatic rings. The molecule has 0 heteroatoms. The average molecular weight is 649 g/mol. The van der Waals surface area contributed by atoms with Crippen LogP contribution < -0.4 is 10.4 Å². The summed E-state index contributed by atoms with van der Waals surface area (Å²) in [5.41, 5.74) is 16.8. The van der Waals surface area contributed by atoms with Gasteiger partial charge >= 0.3 is 0 Å². The molecule has 0 saturated carbocycles. The maximum Gasteiger partial charge on any atom is 0.0159 e. The van der Waals surface area contributed by atoms with E-state index in [1.165, 1.54) is 98.7 Å². The van der Waals surface area contributed by atoms with E-state index in [1.807, 2.05) is 6.08 Å². The summed E-state index contributed by atoms with van der Waals surface area (Å²) in [4.78, 5) is 0. The molecule has 0 unspecified atom stereocenters. The van der Waals surface area contributed by atoms with E-state index in [2.05, 4.69) is 184 Å². The summed E-state index contributed by atoms with van der Waals surface area (Å²) >= 11 is 0. The molecule has 0 amide bonds. The van der Waals surface area contributed by atoms with E-state index >= 15 is 0 Å². The summed E-state index contributed by atoms with van der Waals surface area (Å²) < 4.78 is 0. The zero-order valence-corrected chi connectivity index (χ0v) is 28.9. The molecule has 0 fully saturated rings. The van der Waals surface area contributed by atoms with Gasteiger partial charge in [0.05, 0.1) is 0 Å². The lowest BCUT2D eigenvalue weighted by atomic mass is 9.81. The van der Waals surface area contributed by atoms with Gasteiger partial charge in [-0.15, -0.1) is 0 Å². The Balaban J connectivity index is 1.08. The minimum absolute atomic E-state index is 0.0540. The minimum Gasteiger partial charge on any atom is -0.0984 e. The molecule has 0 bridgehead atoms. The third kappa shape index (κ3) is 4.46. The lowest BCUT2D eigenvalue weighted by Crippen LogP contribution is -2.26. The van der Waals surface area contributed by atoms with Crippen molar-refractivity contribution in [3.05, 3.63) is 203 Å². The number of rotatable bonds is 4. The number of fused-ring (bicyclic) bond motifs is 7. The molecule has 0 atom stereocenters. The van der Waals surface area contributed by atoms with Gasteiger partial charge in [0.1, 0.15) is 0 Å². The zero-order valence-electron chi connectivity index (χ0n) is 28.9. The van der Waals surface area contributed by atoms with Crippen molar-refractivity contribution in [2.24, 2.45) is 0 Å². The SMILES string of the molecule is C=CC(c1ccc2c(c1)C(C)(C)c1ccccc1-2)=c1ccccc1=Cc1ccc2ccc(-c3ccc4c5c(cccc35)-c3ccccc3-4)cc2c1. The molecule has 0 saturated heterocycles. The molecular formula is C51H36. The van der Waals surface area contributed by atoms with E-state index < -0.39 is 0 Å². The van der Waals surface area contributed by atoms with Gasteiger partial charge in [0.15, 0.2) is 0 Å². The fourth-order valence-electron chi connectivity index (χ4n) is 8.89. The van der Waals surface area contributed by atoms with Gasteiger partial charge in [-0.25, -0.2) is 0 Å². The fraction of sp³-hybridized carbons (Fsp3) is 0.0588. The van der Waals surface area contributed by atoms with Crippen molar-refractivity contribution < 1.29 is 0 Å². The molecule has 2 aliphatic carbocycles. The number of hydrogen-bond donors (Lipinski definition) is 0. The molecule has 0 N–H and O–H groups in total. The fourth-order valence-corrected chi connectivity index (χ4v) is 8.89. The van der Waals surface area contributed by atoms with E-state index in [1.54, 1.807) is 0 Å². The van der Waals surface area contributed by atoms with Gasteiger partial charge in [-0.3, -0.25) is 0 Å². The highest BCUT2D eigenvalue weighted by Crippen LogP contribution is 2.50. The van der Waals surface area contributed by atoms with E-state index in [9.17, 15) is 0 Å². The molecule has 8 aromatic carbocycles. The molecule has 0 spiro atoms. The van der Waals surface area contributed by atoms with Crippen LogP contribution in [0.1, 0.15) is 36.1 Å². The van der Waals surface area contributed by atoms with Crippen LogP contribution in [-0.4, -0.2) is 0 Å². The Morgan fingerprint density at radius 2 is 1.18 bits per heavy atom. The van der Waals surface area contributed by atoms with E-state index in [-0.39, 0.29) is 5.41 Å². The Morgan fingerprint density at radius 3 is 2.02 bits per heavy atom. The van der Waals surface area contributed by atoms with Crippen molar-refractivity contribution in [2.75, 3.05) is 0 Å². The van der Waals surface area contributed by atoms with Gasteiger partial charge in [0.2, 0.25) is 0 Å². The molecular weight excluding hydrogens is 613 g/mol. The van der Waals surface area contributed by atoms with Gasteiger partial charge in [-0.2, -0.15) is 0 Å². The molecule has 0 aromatic heterocycles. The molecule has 51 heavy (non-hydrogen) atoms. The monoisotopic (exact) mass is 648 g/mol. The van der Waals surface area contributed by atoms with Crippen LogP contribution in [0.15, 0.2) is 170 Å². The van der Waals surface area contributed by atoms with Gasteiger partial charge < -0.3 is 0 Å². The molecule has 0 aliphatic heterocycles. The zero-order chi connectivity index (χ0) is 34.3. The van der Waals surface area contributed by atoms with Crippen molar-refractivity contribution >= 4 is 33.2 Å². The predicted octanol–water partition coefficient (Wildman–Crippen LogP) is 11.8. The van der Waals surface area contributed by atoms with Gasteiger partial charge in [-0.1, -0.05) is 166 Å². The van der Waals surface area contributed by atoms with E-state index in [0.29, 0.717) is 0 Å². The van der Waals surface area contributed by atoms with E-state index in [0.717, 1.165) is 5.57 Å². The highest BCUT2D eigenvalue weighted by atomic mass is 14.4. The number of hydrogen-bond acceptors (Lipinski definition) is 0. The summed E-state index contributed by atoms with van der Waals surface area (Å²) in [6.07, 6.45) is 4.33. The van der Waals surface area contributed by atoms with Crippen molar-refractivity contribution in [1.82, 2.24) is 0 Å². The second kappa shape index (κ2) is 11.1.